The van der Waals surface area contributed by atoms with E-state index in [0.29, 0.717) is 0 Å². The van der Waals surface area contributed by atoms with Crippen LogP contribution in [0, 0.1) is 0 Å². The van der Waals surface area contributed by atoms with Crippen LogP contribution < -0.4 is 0 Å². The van der Waals surface area contributed by atoms with Gasteiger partial charge in [-0.3, -0.25) is 0 Å². The molecule has 35 valence electrons. The van der Waals surface area contributed by atoms with Gasteiger partial charge in [-0.1, -0.05) is 0 Å². The average molecular weight is 330 g/mol. The molecule has 0 N–H and O–H groups in total. The molecule has 0 amide bonds. The third-order valence-corrected chi connectivity index (χ3v) is 0.0833. The van der Waals surface area contributed by atoms with Crippen molar-refractivity contribution < 1.29 is 79.6 Å². The SMILES string of the molecule is C=C[C-]=O.[Nb].[Zr].[Zr]. The summed E-state index contributed by atoms with van der Waals surface area (Å²) in [5.74, 6) is 0. The molecule has 0 spiro atoms. The van der Waals surface area contributed by atoms with Crippen LogP contribution in [-0.4, -0.2) is 6.29 Å². The van der Waals surface area contributed by atoms with Gasteiger partial charge in [0, 0.05) is 74.8 Å². The van der Waals surface area contributed by atoms with Gasteiger partial charge in [-0.15, -0.1) is 0 Å². The maximum atomic E-state index is 8.93. The third kappa shape index (κ3) is 32.6. The zero-order chi connectivity index (χ0) is 3.41. The van der Waals surface area contributed by atoms with Gasteiger partial charge in [-0.2, -0.15) is 0 Å². The van der Waals surface area contributed by atoms with Crippen LogP contribution in [0.2, 0.25) is 0 Å². The van der Waals surface area contributed by atoms with E-state index in [1.165, 1.54) is 6.29 Å². The molecule has 0 aliphatic heterocycles. The fourth-order valence-corrected chi connectivity index (χ4v) is 0. The average Bonchev–Trinajstić information content (AvgIpc) is 1.37. The van der Waals surface area contributed by atoms with Crippen LogP contribution in [0.15, 0.2) is 12.7 Å². The van der Waals surface area contributed by atoms with Crippen LogP contribution in [0.4, 0.5) is 0 Å². The molecule has 1 nitrogen and oxygen atoms in total. The molecule has 0 rings (SSSR count). The minimum absolute atomic E-state index is 0. The topological polar surface area (TPSA) is 17.1 Å². The van der Waals surface area contributed by atoms with E-state index >= 15 is 0 Å². The van der Waals surface area contributed by atoms with Gasteiger partial charge in [-0.25, -0.2) is 12.7 Å². The maximum Gasteiger partial charge on any atom is 0 e. The molecule has 0 atom stereocenters. The van der Waals surface area contributed by atoms with Crippen molar-refractivity contribution in [3.63, 3.8) is 0 Å². The number of rotatable bonds is 1. The van der Waals surface area contributed by atoms with Crippen molar-refractivity contribution in [2.45, 2.75) is 0 Å². The summed E-state index contributed by atoms with van der Waals surface area (Å²) < 4.78 is 0. The summed E-state index contributed by atoms with van der Waals surface area (Å²) in [6.45, 7) is 3.06. The van der Waals surface area contributed by atoms with E-state index < -0.39 is 0 Å². The molecule has 0 fully saturated rings. The van der Waals surface area contributed by atoms with E-state index in [2.05, 4.69) is 6.58 Å². The molecule has 0 aliphatic rings. The van der Waals surface area contributed by atoms with Crippen LogP contribution in [0.1, 0.15) is 0 Å². The van der Waals surface area contributed by atoms with Gasteiger partial charge in [0.1, 0.15) is 0 Å². The second-order valence-electron chi connectivity index (χ2n) is 0.322. The molecular formula is C3H3NbOZr2-. The van der Waals surface area contributed by atoms with Gasteiger partial charge in [0.2, 0.25) is 0 Å². The third-order valence-electron chi connectivity index (χ3n) is 0.0833. The molecule has 0 aromatic heterocycles. The Kier molecular flexibility index (Phi) is 81.5. The van der Waals surface area contributed by atoms with E-state index in [1.54, 1.807) is 0 Å². The van der Waals surface area contributed by atoms with Gasteiger partial charge in [0.25, 0.3) is 0 Å². The van der Waals surface area contributed by atoms with Gasteiger partial charge in [0.15, 0.2) is 0 Å². The summed E-state index contributed by atoms with van der Waals surface area (Å²) in [6.07, 6.45) is 2.51. The predicted octanol–water partition coefficient (Wildman–Crippen LogP) is 0.275. The van der Waals surface area contributed by atoms with E-state index in [0.717, 1.165) is 6.08 Å². The zero-order valence-electron chi connectivity index (χ0n) is 3.64. The maximum absolute atomic E-state index is 8.93. The molecule has 0 unspecified atom stereocenters. The summed E-state index contributed by atoms with van der Waals surface area (Å²) in [4.78, 5) is 8.93. The predicted molar refractivity (Wildman–Crippen MR) is 15.9 cm³/mol. The molecule has 0 saturated heterocycles. The van der Waals surface area contributed by atoms with Crippen LogP contribution in [0.5, 0.6) is 0 Å². The Morgan fingerprint density at radius 2 is 1.57 bits per heavy atom. The van der Waals surface area contributed by atoms with Crippen LogP contribution in [0.3, 0.4) is 0 Å². The quantitative estimate of drug-likeness (QED) is 0.383. The Morgan fingerprint density at radius 3 is 1.57 bits per heavy atom. The molecule has 0 heterocycles. The van der Waals surface area contributed by atoms with Gasteiger partial charge < -0.3 is 4.79 Å². The van der Waals surface area contributed by atoms with E-state index in [-0.39, 0.29) is 74.8 Å². The standard InChI is InChI=1S/C3H3O.Nb.2Zr/c1-2-3-4;;;/h2H,1H2;;;/q-1;;;. The number of allylic oxidation sites excluding steroid dienone is 1. The number of hydrogen-bond acceptors (Lipinski definition) is 1. The molecule has 0 aliphatic carbocycles. The first kappa shape index (κ1) is 23.1. The van der Waals surface area contributed by atoms with E-state index in [9.17, 15) is 0 Å². The van der Waals surface area contributed by atoms with Gasteiger partial charge in [-0.05, 0) is 6.29 Å². The number of carbonyl (C=O) groups excluding carboxylic acids is 1. The van der Waals surface area contributed by atoms with Crippen molar-refractivity contribution in [2.24, 2.45) is 0 Å². The smallest absolute Gasteiger partial charge is 0 e. The second-order valence-corrected chi connectivity index (χ2v) is 0.322. The molecule has 0 saturated carbocycles. The minimum atomic E-state index is 0. The molecule has 0 bridgehead atoms. The van der Waals surface area contributed by atoms with E-state index in [4.69, 9.17) is 4.79 Å². The van der Waals surface area contributed by atoms with E-state index in [1.807, 2.05) is 0 Å². The largest absolute Gasteiger partial charge is 0.419 e. The Bertz CT molecular complexity index is 33.9. The summed E-state index contributed by atoms with van der Waals surface area (Å²) in [5, 5.41) is 0. The van der Waals surface area contributed by atoms with Crippen molar-refractivity contribution in [3.8, 4) is 0 Å². The molecule has 7 heavy (non-hydrogen) atoms. The Hall–Kier alpha value is 1.92. The summed E-state index contributed by atoms with van der Waals surface area (Å²) >= 11 is 0. The van der Waals surface area contributed by atoms with Crippen molar-refractivity contribution in [2.75, 3.05) is 0 Å². The Balaban J connectivity index is -0.0000000150. The van der Waals surface area contributed by atoms with Crippen LogP contribution in [0.25, 0.3) is 0 Å². The van der Waals surface area contributed by atoms with Crippen molar-refractivity contribution in [3.05, 3.63) is 12.7 Å². The summed E-state index contributed by atoms with van der Waals surface area (Å²) in [6, 6.07) is 0. The zero-order valence-corrected chi connectivity index (χ0v) is 10.8. The fourth-order valence-electron chi connectivity index (χ4n) is 0. The van der Waals surface area contributed by atoms with Gasteiger partial charge in [0.05, 0.1) is 0 Å². The second kappa shape index (κ2) is 24.7. The summed E-state index contributed by atoms with van der Waals surface area (Å²) in [5.41, 5.74) is 0. The normalized spacial score (nSPS) is 2.86. The Labute approximate surface area is 97.1 Å². The molecule has 4 heteroatoms. The van der Waals surface area contributed by atoms with Gasteiger partial charge >= 0.3 is 0 Å². The molecule has 0 aromatic carbocycles. The van der Waals surface area contributed by atoms with Crippen LogP contribution in [-0.2, 0) is 79.6 Å². The first-order valence-corrected chi connectivity index (χ1v) is 0.901. The van der Waals surface area contributed by atoms with Crippen LogP contribution >= 0.6 is 0 Å². The van der Waals surface area contributed by atoms with Crippen molar-refractivity contribution in [1.29, 1.82) is 0 Å². The summed E-state index contributed by atoms with van der Waals surface area (Å²) in [7, 11) is 0. The number of hydrogen-bond donors (Lipinski definition) is 0. The minimum Gasteiger partial charge on any atom is -0.419 e. The molecule has 1 radical (unpaired) electrons. The molecular weight excluding hydrogens is 327 g/mol. The fraction of sp³-hybridized carbons (Fsp3) is 0. The van der Waals surface area contributed by atoms with Crippen molar-refractivity contribution in [1.82, 2.24) is 0 Å². The molecule has 0 aromatic rings. The van der Waals surface area contributed by atoms with Crippen molar-refractivity contribution >= 4 is 6.29 Å². The monoisotopic (exact) mass is 328 g/mol. The Morgan fingerprint density at radius 1 is 1.43 bits per heavy atom. The first-order valence-electron chi connectivity index (χ1n) is 0.901. The first-order chi connectivity index (χ1) is 1.91.